The monoisotopic (exact) mass is 307 g/mol. The summed E-state index contributed by atoms with van der Waals surface area (Å²) < 4.78 is 65.3. The molecule has 2 unspecified atom stereocenters. The van der Waals surface area contributed by atoms with Gasteiger partial charge in [0, 0.05) is 6.04 Å². The van der Waals surface area contributed by atoms with Gasteiger partial charge in [0.15, 0.2) is 0 Å². The third kappa shape index (κ3) is 3.32. The molecule has 0 heterocycles. The van der Waals surface area contributed by atoms with Crippen LogP contribution in [0.4, 0.5) is 13.2 Å². The number of hydrogen-bond donors (Lipinski definition) is 1. The third-order valence-corrected chi connectivity index (χ3v) is 5.08. The van der Waals surface area contributed by atoms with Crippen molar-refractivity contribution in [3.8, 4) is 0 Å². The van der Waals surface area contributed by atoms with E-state index in [2.05, 4.69) is 4.72 Å². The van der Waals surface area contributed by atoms with Crippen LogP contribution in [0.5, 0.6) is 0 Å². The second-order valence-corrected chi connectivity index (χ2v) is 6.91. The molecule has 1 fully saturated rings. The van der Waals surface area contributed by atoms with E-state index in [0.29, 0.717) is 18.8 Å². The van der Waals surface area contributed by atoms with E-state index in [1.165, 1.54) is 12.1 Å². The first-order valence-electron chi connectivity index (χ1n) is 6.38. The largest absolute Gasteiger partial charge is 0.417 e. The Kier molecular flexibility index (Phi) is 4.11. The summed E-state index contributed by atoms with van der Waals surface area (Å²) >= 11 is 0. The predicted octanol–water partition coefficient (Wildman–Crippen LogP) is 3.17. The Morgan fingerprint density at radius 2 is 1.85 bits per heavy atom. The van der Waals surface area contributed by atoms with Gasteiger partial charge >= 0.3 is 6.18 Å². The van der Waals surface area contributed by atoms with Gasteiger partial charge in [0.05, 0.1) is 10.5 Å². The molecule has 0 saturated heterocycles. The highest BCUT2D eigenvalue weighted by molar-refractivity contribution is 7.89. The van der Waals surface area contributed by atoms with E-state index in [4.69, 9.17) is 0 Å². The van der Waals surface area contributed by atoms with Crippen molar-refractivity contribution in [2.45, 2.75) is 43.3 Å². The van der Waals surface area contributed by atoms with E-state index in [9.17, 15) is 21.6 Å². The molecule has 0 spiro atoms. The number of benzene rings is 1. The molecule has 0 radical (unpaired) electrons. The molecule has 3 nitrogen and oxygen atoms in total. The smallest absolute Gasteiger partial charge is 0.208 e. The van der Waals surface area contributed by atoms with Crippen LogP contribution in [0.1, 0.15) is 31.7 Å². The summed E-state index contributed by atoms with van der Waals surface area (Å²) in [5.74, 6) is 0.389. The maximum absolute atomic E-state index is 12.9. The van der Waals surface area contributed by atoms with Gasteiger partial charge in [-0.25, -0.2) is 13.1 Å². The van der Waals surface area contributed by atoms with Crippen molar-refractivity contribution in [1.29, 1.82) is 0 Å². The Balaban J connectivity index is 2.30. The van der Waals surface area contributed by atoms with Crippen LogP contribution in [0, 0.1) is 5.92 Å². The summed E-state index contributed by atoms with van der Waals surface area (Å²) in [4.78, 5) is -0.702. The zero-order valence-electron chi connectivity index (χ0n) is 10.9. The van der Waals surface area contributed by atoms with Crippen molar-refractivity contribution >= 4 is 10.0 Å². The van der Waals surface area contributed by atoms with Crippen LogP contribution in [0.15, 0.2) is 29.2 Å². The minimum absolute atomic E-state index is 0.281. The summed E-state index contributed by atoms with van der Waals surface area (Å²) in [6.45, 7) is 2.00. The van der Waals surface area contributed by atoms with Gasteiger partial charge in [-0.2, -0.15) is 13.2 Å². The van der Waals surface area contributed by atoms with Crippen molar-refractivity contribution in [2.75, 3.05) is 0 Å². The maximum Gasteiger partial charge on any atom is 0.417 e. The molecule has 2 atom stereocenters. The second kappa shape index (κ2) is 5.37. The summed E-state index contributed by atoms with van der Waals surface area (Å²) in [6.07, 6.45) is -2.48. The fourth-order valence-electron chi connectivity index (χ4n) is 2.53. The molecular weight excluding hydrogens is 291 g/mol. The average molecular weight is 307 g/mol. The topological polar surface area (TPSA) is 46.2 Å². The van der Waals surface area contributed by atoms with Crippen LogP contribution < -0.4 is 4.72 Å². The van der Waals surface area contributed by atoms with Crippen LogP contribution in [0.25, 0.3) is 0 Å². The van der Waals surface area contributed by atoms with Gasteiger partial charge in [0.1, 0.15) is 0 Å². The predicted molar refractivity (Wildman–Crippen MR) is 68.6 cm³/mol. The lowest BCUT2D eigenvalue weighted by molar-refractivity contribution is -0.139. The molecule has 1 aliphatic rings. The SMILES string of the molecule is CC1CCC(NS(=O)(=O)c2ccccc2C(F)(F)F)C1. The first kappa shape index (κ1) is 15.3. The van der Waals surface area contributed by atoms with Gasteiger partial charge in [-0.15, -0.1) is 0 Å². The number of hydrogen-bond acceptors (Lipinski definition) is 2. The first-order chi connectivity index (χ1) is 9.20. The molecule has 0 aromatic heterocycles. The zero-order valence-corrected chi connectivity index (χ0v) is 11.8. The quantitative estimate of drug-likeness (QED) is 0.932. The lowest BCUT2D eigenvalue weighted by Gasteiger charge is -2.16. The standard InChI is InChI=1S/C13H16F3NO2S/c1-9-6-7-10(8-9)17-20(18,19)12-5-3-2-4-11(12)13(14,15)16/h2-5,9-10,17H,6-8H2,1H3. The number of alkyl halides is 3. The van der Waals surface area contributed by atoms with E-state index >= 15 is 0 Å². The average Bonchev–Trinajstić information content (AvgIpc) is 2.73. The Morgan fingerprint density at radius 3 is 2.40 bits per heavy atom. The van der Waals surface area contributed by atoms with Gasteiger partial charge in [-0.1, -0.05) is 19.1 Å². The molecular formula is C13H16F3NO2S. The Hall–Kier alpha value is -1.08. The second-order valence-electron chi connectivity index (χ2n) is 5.23. The van der Waals surface area contributed by atoms with Crippen LogP contribution in [-0.2, 0) is 16.2 Å². The highest BCUT2D eigenvalue weighted by Crippen LogP contribution is 2.34. The molecule has 1 saturated carbocycles. The number of rotatable bonds is 3. The first-order valence-corrected chi connectivity index (χ1v) is 7.87. The summed E-state index contributed by atoms with van der Waals surface area (Å²) in [5.41, 5.74) is -1.13. The van der Waals surface area contributed by atoms with Crippen LogP contribution in [0.2, 0.25) is 0 Å². The van der Waals surface area contributed by atoms with Crippen molar-refractivity contribution < 1.29 is 21.6 Å². The lowest BCUT2D eigenvalue weighted by Crippen LogP contribution is -2.34. The van der Waals surface area contributed by atoms with Crippen LogP contribution in [-0.4, -0.2) is 14.5 Å². The van der Waals surface area contributed by atoms with Crippen LogP contribution >= 0.6 is 0 Å². The highest BCUT2D eigenvalue weighted by atomic mass is 32.2. The van der Waals surface area contributed by atoms with Gasteiger partial charge in [0.2, 0.25) is 10.0 Å². The number of sulfonamides is 1. The molecule has 20 heavy (non-hydrogen) atoms. The molecule has 7 heteroatoms. The third-order valence-electron chi connectivity index (χ3n) is 3.50. The molecule has 0 amide bonds. The zero-order chi connectivity index (χ0) is 15.0. The molecule has 0 aliphatic heterocycles. The van der Waals surface area contributed by atoms with Crippen molar-refractivity contribution in [3.63, 3.8) is 0 Å². The van der Waals surface area contributed by atoms with Crippen molar-refractivity contribution in [1.82, 2.24) is 4.72 Å². The molecule has 1 N–H and O–H groups in total. The van der Waals surface area contributed by atoms with Gasteiger partial charge in [-0.05, 0) is 37.3 Å². The van der Waals surface area contributed by atoms with Crippen LogP contribution in [0.3, 0.4) is 0 Å². The number of nitrogens with one attached hydrogen (secondary N) is 1. The van der Waals surface area contributed by atoms with E-state index in [1.54, 1.807) is 0 Å². The fraction of sp³-hybridized carbons (Fsp3) is 0.538. The number of halogens is 3. The molecule has 2 rings (SSSR count). The fourth-order valence-corrected chi connectivity index (χ4v) is 4.04. The summed E-state index contributed by atoms with van der Waals surface area (Å²) in [5, 5.41) is 0. The molecule has 112 valence electrons. The van der Waals surface area contributed by atoms with E-state index in [-0.39, 0.29) is 6.04 Å². The normalized spacial score (nSPS) is 24.0. The Morgan fingerprint density at radius 1 is 1.20 bits per heavy atom. The Labute approximate surface area is 116 Å². The molecule has 1 aliphatic carbocycles. The summed E-state index contributed by atoms with van der Waals surface area (Å²) in [6, 6.07) is 3.96. The molecule has 1 aromatic carbocycles. The lowest BCUT2D eigenvalue weighted by atomic mass is 10.1. The summed E-state index contributed by atoms with van der Waals surface area (Å²) in [7, 11) is -4.15. The molecule has 0 bridgehead atoms. The van der Waals surface area contributed by atoms with Gasteiger partial charge in [0.25, 0.3) is 0 Å². The van der Waals surface area contributed by atoms with E-state index in [1.807, 2.05) is 6.92 Å². The highest BCUT2D eigenvalue weighted by Gasteiger charge is 2.37. The maximum atomic E-state index is 12.9. The van der Waals surface area contributed by atoms with Gasteiger partial charge < -0.3 is 0 Å². The van der Waals surface area contributed by atoms with Gasteiger partial charge in [-0.3, -0.25) is 0 Å². The van der Waals surface area contributed by atoms with Crippen molar-refractivity contribution in [2.24, 2.45) is 5.92 Å². The minimum Gasteiger partial charge on any atom is -0.208 e. The molecule has 1 aromatic rings. The Bertz CT molecular complexity index is 584. The minimum atomic E-state index is -4.69. The van der Waals surface area contributed by atoms with E-state index < -0.39 is 26.7 Å². The van der Waals surface area contributed by atoms with E-state index in [0.717, 1.165) is 18.6 Å². The van der Waals surface area contributed by atoms with Crippen molar-refractivity contribution in [3.05, 3.63) is 29.8 Å².